The number of carbonyl (C=O) groups is 2. The van der Waals surface area contributed by atoms with Crippen molar-refractivity contribution >= 4 is 11.9 Å². The number of esters is 2. The lowest BCUT2D eigenvalue weighted by molar-refractivity contribution is -0.146. The average Bonchev–Trinajstić information content (AvgIpc) is 2.64. The standard InChI is InChI=1S/C19H26FNO6/c1-25-17(22)11-21(12-18(23)26-2)10-13-5-3-8-16(19(13)24)27-15-7-4-6-14(20)9-15/h4,6-7,9,13,16,19,24H,3,5,8,10-12H2,1-2H3/t13-,16-,19-/m1/s1. The van der Waals surface area contributed by atoms with E-state index in [2.05, 4.69) is 9.47 Å². The van der Waals surface area contributed by atoms with Gasteiger partial charge in [0.25, 0.3) is 0 Å². The van der Waals surface area contributed by atoms with Gasteiger partial charge in [-0.25, -0.2) is 4.39 Å². The highest BCUT2D eigenvalue weighted by Crippen LogP contribution is 2.29. The van der Waals surface area contributed by atoms with E-state index in [1.165, 1.54) is 26.4 Å². The second kappa shape index (κ2) is 10.2. The highest BCUT2D eigenvalue weighted by molar-refractivity contribution is 5.74. The second-order valence-corrected chi connectivity index (χ2v) is 6.62. The number of ether oxygens (including phenoxy) is 3. The summed E-state index contributed by atoms with van der Waals surface area (Å²) in [7, 11) is 2.55. The minimum Gasteiger partial charge on any atom is -0.488 e. The number of hydrogen-bond donors (Lipinski definition) is 1. The SMILES string of the molecule is COC(=O)CN(CC(=O)OC)C[C@H]1CCC[C@@H](Oc2cccc(F)c2)[C@@H]1O. The van der Waals surface area contributed by atoms with E-state index in [4.69, 9.17) is 4.74 Å². The zero-order valence-corrected chi connectivity index (χ0v) is 15.6. The molecule has 150 valence electrons. The van der Waals surface area contributed by atoms with Crippen molar-refractivity contribution in [3.05, 3.63) is 30.1 Å². The van der Waals surface area contributed by atoms with E-state index < -0.39 is 30.0 Å². The van der Waals surface area contributed by atoms with E-state index in [0.29, 0.717) is 18.7 Å². The Morgan fingerprint density at radius 3 is 2.44 bits per heavy atom. The third-order valence-electron chi connectivity index (χ3n) is 4.66. The lowest BCUT2D eigenvalue weighted by atomic mass is 9.84. The number of aliphatic hydroxyl groups is 1. The maximum Gasteiger partial charge on any atom is 0.319 e. The van der Waals surface area contributed by atoms with Crippen molar-refractivity contribution in [1.29, 1.82) is 0 Å². The van der Waals surface area contributed by atoms with Crippen LogP contribution in [0.15, 0.2) is 24.3 Å². The molecular weight excluding hydrogens is 357 g/mol. The summed E-state index contributed by atoms with van der Waals surface area (Å²) in [4.78, 5) is 24.8. The van der Waals surface area contributed by atoms with Crippen LogP contribution in [0.3, 0.4) is 0 Å². The van der Waals surface area contributed by atoms with Crippen LogP contribution in [0.25, 0.3) is 0 Å². The molecular formula is C19H26FNO6. The first-order valence-corrected chi connectivity index (χ1v) is 8.89. The Labute approximate surface area is 158 Å². The monoisotopic (exact) mass is 383 g/mol. The fourth-order valence-electron chi connectivity index (χ4n) is 3.28. The molecule has 3 atom stereocenters. The molecule has 1 aliphatic carbocycles. The number of benzene rings is 1. The zero-order valence-electron chi connectivity index (χ0n) is 15.6. The van der Waals surface area contributed by atoms with E-state index in [9.17, 15) is 19.1 Å². The average molecular weight is 383 g/mol. The Bertz CT molecular complexity index is 622. The number of hydrogen-bond acceptors (Lipinski definition) is 7. The highest BCUT2D eigenvalue weighted by atomic mass is 19.1. The van der Waals surface area contributed by atoms with Crippen LogP contribution in [0.5, 0.6) is 5.75 Å². The van der Waals surface area contributed by atoms with E-state index in [0.717, 1.165) is 12.8 Å². The molecule has 0 bridgehead atoms. The molecule has 27 heavy (non-hydrogen) atoms. The molecule has 0 heterocycles. The molecule has 0 radical (unpaired) electrons. The van der Waals surface area contributed by atoms with Crippen molar-refractivity contribution in [2.75, 3.05) is 33.9 Å². The molecule has 7 nitrogen and oxygen atoms in total. The van der Waals surface area contributed by atoms with Crippen molar-refractivity contribution in [1.82, 2.24) is 4.90 Å². The molecule has 1 aliphatic rings. The number of halogens is 1. The highest BCUT2D eigenvalue weighted by Gasteiger charge is 2.35. The summed E-state index contributed by atoms with van der Waals surface area (Å²) in [5, 5.41) is 10.7. The van der Waals surface area contributed by atoms with Gasteiger partial charge in [0.15, 0.2) is 0 Å². The predicted molar refractivity (Wildman–Crippen MR) is 94.6 cm³/mol. The summed E-state index contributed by atoms with van der Waals surface area (Å²) >= 11 is 0. The minimum atomic E-state index is -0.806. The van der Waals surface area contributed by atoms with Gasteiger partial charge in [-0.05, 0) is 31.4 Å². The van der Waals surface area contributed by atoms with Gasteiger partial charge in [-0.2, -0.15) is 0 Å². The molecule has 8 heteroatoms. The van der Waals surface area contributed by atoms with Crippen molar-refractivity contribution in [2.24, 2.45) is 5.92 Å². The van der Waals surface area contributed by atoms with Crippen molar-refractivity contribution in [3.63, 3.8) is 0 Å². The Morgan fingerprint density at radius 1 is 1.19 bits per heavy atom. The first-order chi connectivity index (χ1) is 12.9. The summed E-state index contributed by atoms with van der Waals surface area (Å²) in [5.41, 5.74) is 0. The van der Waals surface area contributed by atoms with Gasteiger partial charge in [-0.3, -0.25) is 14.5 Å². The Morgan fingerprint density at radius 2 is 1.85 bits per heavy atom. The molecule has 1 aromatic carbocycles. The van der Waals surface area contributed by atoms with Crippen molar-refractivity contribution < 1.29 is 33.3 Å². The van der Waals surface area contributed by atoms with Crippen LogP contribution in [0.2, 0.25) is 0 Å². The fraction of sp³-hybridized carbons (Fsp3) is 0.579. The van der Waals surface area contributed by atoms with E-state index in [-0.39, 0.29) is 19.0 Å². The van der Waals surface area contributed by atoms with Gasteiger partial charge in [-0.15, -0.1) is 0 Å². The maximum atomic E-state index is 13.3. The Balaban J connectivity index is 2.01. The Kier molecular flexibility index (Phi) is 7.99. The summed E-state index contributed by atoms with van der Waals surface area (Å²) in [6.45, 7) is 0.156. The minimum absolute atomic E-state index is 0.0791. The fourth-order valence-corrected chi connectivity index (χ4v) is 3.28. The van der Waals surface area contributed by atoms with Crippen LogP contribution in [-0.2, 0) is 19.1 Å². The largest absolute Gasteiger partial charge is 0.488 e. The lowest BCUT2D eigenvalue weighted by Crippen LogP contribution is -2.48. The normalized spacial score (nSPS) is 22.3. The summed E-state index contributed by atoms with van der Waals surface area (Å²) < 4.78 is 28.4. The van der Waals surface area contributed by atoms with Crippen LogP contribution in [0.1, 0.15) is 19.3 Å². The van der Waals surface area contributed by atoms with Gasteiger partial charge < -0.3 is 19.3 Å². The maximum absolute atomic E-state index is 13.3. The van der Waals surface area contributed by atoms with E-state index in [1.54, 1.807) is 17.0 Å². The topological polar surface area (TPSA) is 85.3 Å². The van der Waals surface area contributed by atoms with Crippen LogP contribution < -0.4 is 4.74 Å². The smallest absolute Gasteiger partial charge is 0.319 e. The molecule has 0 unspecified atom stereocenters. The summed E-state index contributed by atoms with van der Waals surface area (Å²) in [6.07, 6.45) is 0.889. The summed E-state index contributed by atoms with van der Waals surface area (Å²) in [5.74, 6) is -1.20. The first-order valence-electron chi connectivity index (χ1n) is 8.89. The molecule has 0 saturated heterocycles. The first kappa shape index (κ1) is 21.1. The Hall–Kier alpha value is -2.19. The zero-order chi connectivity index (χ0) is 19.8. The van der Waals surface area contributed by atoms with E-state index >= 15 is 0 Å². The molecule has 1 fully saturated rings. The van der Waals surface area contributed by atoms with Gasteiger partial charge in [-0.1, -0.05) is 6.07 Å². The molecule has 0 spiro atoms. The van der Waals surface area contributed by atoms with Crippen molar-refractivity contribution in [2.45, 2.75) is 31.5 Å². The second-order valence-electron chi connectivity index (χ2n) is 6.62. The third kappa shape index (κ3) is 6.48. The van der Waals surface area contributed by atoms with Gasteiger partial charge in [0.05, 0.1) is 33.4 Å². The molecule has 2 rings (SSSR count). The third-order valence-corrected chi connectivity index (χ3v) is 4.66. The van der Waals surface area contributed by atoms with Crippen molar-refractivity contribution in [3.8, 4) is 5.75 Å². The number of nitrogens with zero attached hydrogens (tertiary/aromatic N) is 1. The van der Waals surface area contributed by atoms with Gasteiger partial charge in [0.1, 0.15) is 17.7 Å². The number of aliphatic hydroxyl groups excluding tert-OH is 1. The molecule has 0 aromatic heterocycles. The van der Waals surface area contributed by atoms with E-state index in [1.807, 2.05) is 0 Å². The predicted octanol–water partition coefficient (Wildman–Crippen LogP) is 1.38. The summed E-state index contributed by atoms with van der Waals surface area (Å²) in [6, 6.07) is 5.79. The van der Waals surface area contributed by atoms with Crippen LogP contribution in [0, 0.1) is 11.7 Å². The lowest BCUT2D eigenvalue weighted by Gasteiger charge is -2.37. The van der Waals surface area contributed by atoms with Gasteiger partial charge >= 0.3 is 11.9 Å². The molecule has 1 saturated carbocycles. The molecule has 0 aliphatic heterocycles. The van der Waals surface area contributed by atoms with Crippen LogP contribution in [-0.4, -0.2) is 68.0 Å². The molecule has 1 aromatic rings. The molecule has 1 N–H and O–H groups in total. The van der Waals surface area contributed by atoms with Gasteiger partial charge in [0.2, 0.25) is 0 Å². The van der Waals surface area contributed by atoms with Gasteiger partial charge in [0, 0.05) is 18.5 Å². The van der Waals surface area contributed by atoms with Crippen LogP contribution >= 0.6 is 0 Å². The number of rotatable bonds is 8. The molecule has 0 amide bonds. The number of methoxy groups -OCH3 is 2. The van der Waals surface area contributed by atoms with Crippen LogP contribution in [0.4, 0.5) is 4.39 Å². The number of carbonyl (C=O) groups excluding carboxylic acids is 2. The quantitative estimate of drug-likeness (QED) is 0.679.